The van der Waals surface area contributed by atoms with Crippen LogP contribution in [-0.2, 0) is 25.4 Å². The highest BCUT2D eigenvalue weighted by Crippen LogP contribution is 2.16. The molecule has 0 unspecified atom stereocenters. The molecule has 0 spiro atoms. The number of benzene rings is 2. The number of guanidine groups is 1. The fourth-order valence-electron chi connectivity index (χ4n) is 2.98. The quantitative estimate of drug-likeness (QED) is 0.439. The van der Waals surface area contributed by atoms with E-state index in [9.17, 15) is 4.39 Å². The van der Waals surface area contributed by atoms with Gasteiger partial charge in [0.2, 0.25) is 0 Å². The van der Waals surface area contributed by atoms with Crippen molar-refractivity contribution in [2.45, 2.75) is 25.4 Å². The van der Waals surface area contributed by atoms with Crippen molar-refractivity contribution in [3.05, 3.63) is 83.2 Å². The molecular formula is C21H25FN6S. The topological polar surface area (TPSA) is 67.1 Å². The van der Waals surface area contributed by atoms with Gasteiger partial charge in [-0.05, 0) is 40.6 Å². The molecule has 3 rings (SSSR count). The van der Waals surface area contributed by atoms with Gasteiger partial charge in [0.1, 0.15) is 18.5 Å². The minimum atomic E-state index is -0.203. The van der Waals surface area contributed by atoms with Gasteiger partial charge >= 0.3 is 0 Å². The molecule has 0 aliphatic carbocycles. The van der Waals surface area contributed by atoms with Gasteiger partial charge in [0.15, 0.2) is 5.96 Å². The molecule has 1 aromatic heterocycles. The summed E-state index contributed by atoms with van der Waals surface area (Å²) < 4.78 is 15.3. The standard InChI is InChI=1S/C21H25FN6S/c1-23-21(26-11-18-6-7-20(22)9-19(18)13-29-2)25-10-16-4-3-5-17(8-16)12-28-15-24-14-27-28/h3-9,14-15H,10-13H2,1-2H3,(H2,23,25,26). The molecule has 0 radical (unpaired) electrons. The van der Waals surface area contributed by atoms with Crippen LogP contribution in [0.15, 0.2) is 60.1 Å². The molecule has 0 atom stereocenters. The van der Waals surface area contributed by atoms with E-state index >= 15 is 0 Å². The smallest absolute Gasteiger partial charge is 0.191 e. The Bertz CT molecular complexity index is 942. The average molecular weight is 413 g/mol. The van der Waals surface area contributed by atoms with Crippen LogP contribution in [0.1, 0.15) is 22.3 Å². The maximum absolute atomic E-state index is 13.5. The van der Waals surface area contributed by atoms with Crippen molar-refractivity contribution in [2.24, 2.45) is 4.99 Å². The van der Waals surface area contributed by atoms with E-state index in [1.165, 1.54) is 12.4 Å². The molecule has 0 aliphatic rings. The number of aliphatic imine (C=N–C) groups is 1. The molecule has 3 aromatic rings. The van der Waals surface area contributed by atoms with Crippen LogP contribution in [-0.4, -0.2) is 34.0 Å². The van der Waals surface area contributed by atoms with Gasteiger partial charge in [-0.25, -0.2) is 14.1 Å². The summed E-state index contributed by atoms with van der Waals surface area (Å²) in [5, 5.41) is 10.8. The molecule has 6 nitrogen and oxygen atoms in total. The summed E-state index contributed by atoms with van der Waals surface area (Å²) in [5.74, 6) is 1.27. The molecule has 0 amide bonds. The molecule has 0 aliphatic heterocycles. The third-order valence-electron chi connectivity index (χ3n) is 4.40. The first kappa shape index (κ1) is 20.9. The minimum absolute atomic E-state index is 0.203. The van der Waals surface area contributed by atoms with E-state index in [0.29, 0.717) is 25.6 Å². The van der Waals surface area contributed by atoms with Gasteiger partial charge in [0.05, 0.1) is 6.54 Å². The highest BCUT2D eigenvalue weighted by atomic mass is 32.2. The molecular weight excluding hydrogens is 387 g/mol. The predicted octanol–water partition coefficient (Wildman–Crippen LogP) is 3.19. The molecule has 152 valence electrons. The summed E-state index contributed by atoms with van der Waals surface area (Å²) in [6.45, 7) is 1.91. The van der Waals surface area contributed by atoms with Crippen LogP contribution in [0.5, 0.6) is 0 Å². The van der Waals surface area contributed by atoms with Gasteiger partial charge < -0.3 is 10.6 Å². The van der Waals surface area contributed by atoms with Crippen LogP contribution >= 0.6 is 11.8 Å². The summed E-state index contributed by atoms with van der Waals surface area (Å²) in [7, 11) is 1.74. The lowest BCUT2D eigenvalue weighted by molar-refractivity contribution is 0.625. The molecule has 8 heteroatoms. The second-order valence-corrected chi connectivity index (χ2v) is 7.40. The van der Waals surface area contributed by atoms with Crippen molar-refractivity contribution in [2.75, 3.05) is 13.3 Å². The lowest BCUT2D eigenvalue weighted by Gasteiger charge is -2.14. The van der Waals surface area contributed by atoms with Gasteiger partial charge in [-0.15, -0.1) is 0 Å². The van der Waals surface area contributed by atoms with E-state index in [2.05, 4.69) is 43.9 Å². The Morgan fingerprint density at radius 3 is 2.69 bits per heavy atom. The highest BCUT2D eigenvalue weighted by Gasteiger charge is 2.06. The molecule has 2 N–H and O–H groups in total. The van der Waals surface area contributed by atoms with E-state index in [-0.39, 0.29) is 5.82 Å². The molecule has 0 bridgehead atoms. The maximum Gasteiger partial charge on any atom is 0.191 e. The second-order valence-electron chi connectivity index (χ2n) is 6.54. The maximum atomic E-state index is 13.5. The van der Waals surface area contributed by atoms with Crippen molar-refractivity contribution in [1.29, 1.82) is 0 Å². The van der Waals surface area contributed by atoms with Crippen molar-refractivity contribution in [1.82, 2.24) is 25.4 Å². The number of hydrogen-bond acceptors (Lipinski definition) is 4. The van der Waals surface area contributed by atoms with Crippen LogP contribution < -0.4 is 10.6 Å². The number of halogens is 1. The lowest BCUT2D eigenvalue weighted by Crippen LogP contribution is -2.36. The summed E-state index contributed by atoms with van der Waals surface area (Å²) in [4.78, 5) is 8.26. The number of hydrogen-bond donors (Lipinski definition) is 2. The summed E-state index contributed by atoms with van der Waals surface area (Å²) in [6.07, 6.45) is 5.25. The monoisotopic (exact) mass is 412 g/mol. The molecule has 29 heavy (non-hydrogen) atoms. The number of nitrogens with one attached hydrogen (secondary N) is 2. The lowest BCUT2D eigenvalue weighted by atomic mass is 10.1. The summed E-state index contributed by atoms with van der Waals surface area (Å²) in [6, 6.07) is 13.2. The number of rotatable bonds is 8. The molecule has 0 saturated heterocycles. The molecule has 1 heterocycles. The van der Waals surface area contributed by atoms with Crippen LogP contribution in [0, 0.1) is 5.82 Å². The number of nitrogens with zero attached hydrogens (tertiary/aromatic N) is 4. The van der Waals surface area contributed by atoms with Crippen molar-refractivity contribution >= 4 is 17.7 Å². The van der Waals surface area contributed by atoms with Gasteiger partial charge in [0, 0.05) is 25.9 Å². The SMILES string of the molecule is CN=C(NCc1cccc(Cn2cncn2)c1)NCc1ccc(F)cc1CSC. The number of thioether (sulfide) groups is 1. The Labute approximate surface area is 174 Å². The van der Waals surface area contributed by atoms with Crippen molar-refractivity contribution in [3.63, 3.8) is 0 Å². The van der Waals surface area contributed by atoms with E-state index in [0.717, 1.165) is 28.0 Å². The molecule has 0 saturated carbocycles. The second kappa shape index (κ2) is 10.6. The van der Waals surface area contributed by atoms with Crippen LogP contribution in [0.4, 0.5) is 4.39 Å². The zero-order valence-corrected chi connectivity index (χ0v) is 17.4. The zero-order valence-electron chi connectivity index (χ0n) is 16.6. The predicted molar refractivity (Wildman–Crippen MR) is 116 cm³/mol. The first-order valence-electron chi connectivity index (χ1n) is 9.29. The Kier molecular flexibility index (Phi) is 7.63. The normalized spacial score (nSPS) is 11.5. The Balaban J connectivity index is 1.56. The van der Waals surface area contributed by atoms with E-state index in [1.807, 2.05) is 18.4 Å². The average Bonchev–Trinajstić information content (AvgIpc) is 3.23. The first-order valence-corrected chi connectivity index (χ1v) is 10.7. The van der Waals surface area contributed by atoms with Crippen molar-refractivity contribution < 1.29 is 4.39 Å². The molecule has 2 aromatic carbocycles. The van der Waals surface area contributed by atoms with E-state index < -0.39 is 0 Å². The number of aromatic nitrogens is 3. The minimum Gasteiger partial charge on any atom is -0.352 e. The molecule has 0 fully saturated rings. The van der Waals surface area contributed by atoms with Crippen LogP contribution in [0.2, 0.25) is 0 Å². The Hall–Kier alpha value is -2.87. The Morgan fingerprint density at radius 2 is 1.93 bits per heavy atom. The van der Waals surface area contributed by atoms with Crippen LogP contribution in [0.25, 0.3) is 0 Å². The Morgan fingerprint density at radius 1 is 1.10 bits per heavy atom. The summed E-state index contributed by atoms with van der Waals surface area (Å²) >= 11 is 1.68. The first-order chi connectivity index (χ1) is 14.2. The summed E-state index contributed by atoms with van der Waals surface area (Å²) in [5.41, 5.74) is 4.38. The van der Waals surface area contributed by atoms with E-state index in [1.54, 1.807) is 35.9 Å². The third-order valence-corrected chi connectivity index (χ3v) is 5.00. The van der Waals surface area contributed by atoms with Crippen LogP contribution in [0.3, 0.4) is 0 Å². The zero-order chi connectivity index (χ0) is 20.5. The van der Waals surface area contributed by atoms with Gasteiger partial charge in [-0.2, -0.15) is 16.9 Å². The largest absolute Gasteiger partial charge is 0.352 e. The fourth-order valence-corrected chi connectivity index (χ4v) is 3.56. The van der Waals surface area contributed by atoms with Gasteiger partial charge in [-0.3, -0.25) is 4.99 Å². The highest BCUT2D eigenvalue weighted by molar-refractivity contribution is 7.97. The van der Waals surface area contributed by atoms with Gasteiger partial charge in [0.25, 0.3) is 0 Å². The third kappa shape index (κ3) is 6.32. The van der Waals surface area contributed by atoms with Crippen molar-refractivity contribution in [3.8, 4) is 0 Å². The fraction of sp³-hybridized carbons (Fsp3) is 0.286. The van der Waals surface area contributed by atoms with E-state index in [4.69, 9.17) is 0 Å². The van der Waals surface area contributed by atoms with Gasteiger partial charge in [-0.1, -0.05) is 30.3 Å².